The van der Waals surface area contributed by atoms with Crippen molar-refractivity contribution in [2.24, 2.45) is 10.3 Å². The Labute approximate surface area is 107 Å². The minimum Gasteiger partial charge on any atom is -0.422 e. The number of hydrogen-bond acceptors (Lipinski definition) is 6. The van der Waals surface area contributed by atoms with Crippen LogP contribution in [0.1, 0.15) is 0 Å². The van der Waals surface area contributed by atoms with E-state index >= 15 is 0 Å². The molecule has 0 unspecified atom stereocenters. The quantitative estimate of drug-likeness (QED) is 0.685. The number of primary sulfonamides is 2. The van der Waals surface area contributed by atoms with Gasteiger partial charge in [0.2, 0.25) is 20.0 Å². The molecule has 0 aliphatic rings. The Morgan fingerprint density at radius 1 is 0.947 bits per heavy atom. The van der Waals surface area contributed by atoms with Crippen molar-refractivity contribution in [2.45, 2.75) is 9.79 Å². The molecule has 0 atom stereocenters. The number of nitrogens with two attached hydrogens (primary N) is 2. The molecule has 4 N–H and O–H groups in total. The van der Waals surface area contributed by atoms with Gasteiger partial charge in [-0.15, -0.1) is 0 Å². The summed E-state index contributed by atoms with van der Waals surface area (Å²) in [5.74, 6) is 0. The Kier molecular flexibility index (Phi) is 2.97. The Morgan fingerprint density at radius 3 is 2.11 bits per heavy atom. The van der Waals surface area contributed by atoms with Gasteiger partial charge in [0.25, 0.3) is 0 Å². The van der Waals surface area contributed by atoms with E-state index in [2.05, 4.69) is 0 Å². The van der Waals surface area contributed by atoms with Crippen LogP contribution in [0.15, 0.2) is 43.3 Å². The zero-order valence-corrected chi connectivity index (χ0v) is 10.9. The van der Waals surface area contributed by atoms with Gasteiger partial charge in [0.05, 0.1) is 4.90 Å². The maximum Gasteiger partial charge on any atom is 0.356 e. The van der Waals surface area contributed by atoms with Crippen molar-refractivity contribution in [3.63, 3.8) is 0 Å². The second kappa shape index (κ2) is 4.13. The third kappa shape index (κ3) is 2.66. The molecule has 0 saturated heterocycles. The average Bonchev–Trinajstić information content (AvgIpc) is 2.24. The van der Waals surface area contributed by atoms with Gasteiger partial charge in [0, 0.05) is 5.39 Å². The van der Waals surface area contributed by atoms with Crippen molar-refractivity contribution >= 4 is 31.0 Å². The molecule has 1 heterocycles. The fraction of sp³-hybridized carbons (Fsp3) is 0. The number of hydrogen-bond donors (Lipinski definition) is 2. The SMILES string of the molecule is NS(=O)(=O)c1ccc2oc(=O)c(S(N)(=O)=O)cc2c1. The fourth-order valence-electron chi connectivity index (χ4n) is 1.46. The number of benzene rings is 1. The van der Waals surface area contributed by atoms with Crippen molar-refractivity contribution in [3.05, 3.63) is 34.7 Å². The van der Waals surface area contributed by atoms with Gasteiger partial charge in [-0.3, -0.25) is 0 Å². The first kappa shape index (κ1) is 13.7. The molecule has 0 fully saturated rings. The van der Waals surface area contributed by atoms with Crippen LogP contribution in [0.2, 0.25) is 0 Å². The molecule has 0 amide bonds. The Hall–Kier alpha value is -1.75. The maximum atomic E-state index is 11.4. The molecule has 0 radical (unpaired) electrons. The summed E-state index contributed by atoms with van der Waals surface area (Å²) in [7, 11) is -8.21. The monoisotopic (exact) mass is 304 g/mol. The van der Waals surface area contributed by atoms with Crippen LogP contribution < -0.4 is 15.9 Å². The molecule has 0 aliphatic heterocycles. The molecular weight excluding hydrogens is 296 g/mol. The Balaban J connectivity index is 2.87. The van der Waals surface area contributed by atoms with Gasteiger partial charge < -0.3 is 4.42 Å². The lowest BCUT2D eigenvalue weighted by atomic mass is 10.2. The molecule has 0 aliphatic carbocycles. The molecule has 10 heteroatoms. The lowest BCUT2D eigenvalue weighted by molar-refractivity contribution is 0.532. The van der Waals surface area contributed by atoms with Gasteiger partial charge in [-0.2, -0.15) is 0 Å². The van der Waals surface area contributed by atoms with Crippen LogP contribution in [0.25, 0.3) is 11.0 Å². The third-order valence-corrected chi connectivity index (χ3v) is 4.12. The summed E-state index contributed by atoms with van der Waals surface area (Å²) in [5, 5.41) is 9.86. The highest BCUT2D eigenvalue weighted by Crippen LogP contribution is 2.19. The lowest BCUT2D eigenvalue weighted by Crippen LogP contribution is -2.20. The predicted octanol–water partition coefficient (Wildman–Crippen LogP) is -0.912. The summed E-state index contributed by atoms with van der Waals surface area (Å²) < 4.78 is 49.4. The molecule has 1 aromatic carbocycles. The van der Waals surface area contributed by atoms with Crippen LogP contribution in [-0.2, 0) is 20.0 Å². The first-order chi connectivity index (χ1) is 8.59. The number of sulfonamides is 2. The van der Waals surface area contributed by atoms with E-state index in [4.69, 9.17) is 14.7 Å². The van der Waals surface area contributed by atoms with Gasteiger partial charge in [-0.1, -0.05) is 0 Å². The fourth-order valence-corrected chi connectivity index (χ4v) is 2.57. The molecule has 1 aromatic heterocycles. The molecule has 2 rings (SSSR count). The smallest absolute Gasteiger partial charge is 0.356 e. The highest BCUT2D eigenvalue weighted by molar-refractivity contribution is 7.89. The third-order valence-electron chi connectivity index (χ3n) is 2.31. The minimum atomic E-state index is -4.26. The van der Waals surface area contributed by atoms with Crippen LogP contribution in [0.3, 0.4) is 0 Å². The van der Waals surface area contributed by atoms with Gasteiger partial charge in [-0.05, 0) is 24.3 Å². The summed E-state index contributed by atoms with van der Waals surface area (Å²) >= 11 is 0. The van der Waals surface area contributed by atoms with Crippen molar-refractivity contribution in [1.29, 1.82) is 0 Å². The van der Waals surface area contributed by atoms with E-state index < -0.39 is 30.6 Å². The first-order valence-corrected chi connectivity index (χ1v) is 7.82. The van der Waals surface area contributed by atoms with Gasteiger partial charge in [0.1, 0.15) is 5.58 Å². The number of fused-ring (bicyclic) bond motifs is 1. The van der Waals surface area contributed by atoms with E-state index in [9.17, 15) is 21.6 Å². The molecule has 19 heavy (non-hydrogen) atoms. The van der Waals surface area contributed by atoms with Crippen molar-refractivity contribution in [2.75, 3.05) is 0 Å². The summed E-state index contributed by atoms with van der Waals surface area (Å²) in [6, 6.07) is 4.36. The van der Waals surface area contributed by atoms with Crippen LogP contribution in [0.4, 0.5) is 0 Å². The minimum absolute atomic E-state index is 0.0183. The topological polar surface area (TPSA) is 151 Å². The largest absolute Gasteiger partial charge is 0.422 e. The molecule has 102 valence electrons. The van der Waals surface area contributed by atoms with Crippen LogP contribution >= 0.6 is 0 Å². The zero-order chi connectivity index (χ0) is 14.4. The van der Waals surface area contributed by atoms with E-state index in [0.29, 0.717) is 0 Å². The van der Waals surface area contributed by atoms with Gasteiger partial charge in [-0.25, -0.2) is 31.9 Å². The second-order valence-electron chi connectivity index (χ2n) is 3.69. The van der Waals surface area contributed by atoms with Crippen molar-refractivity contribution in [1.82, 2.24) is 0 Å². The molecule has 0 spiro atoms. The summed E-state index contributed by atoms with van der Waals surface area (Å²) in [6.45, 7) is 0. The molecule has 0 saturated carbocycles. The normalized spacial score (nSPS) is 12.7. The average molecular weight is 304 g/mol. The maximum absolute atomic E-state index is 11.4. The molecule has 2 aromatic rings. The van der Waals surface area contributed by atoms with Crippen LogP contribution in [0.5, 0.6) is 0 Å². The van der Waals surface area contributed by atoms with Crippen LogP contribution in [-0.4, -0.2) is 16.8 Å². The highest BCUT2D eigenvalue weighted by atomic mass is 32.2. The Morgan fingerprint density at radius 2 is 1.58 bits per heavy atom. The van der Waals surface area contributed by atoms with E-state index in [1.807, 2.05) is 0 Å². The van der Waals surface area contributed by atoms with E-state index in [-0.39, 0.29) is 15.9 Å². The second-order valence-corrected chi connectivity index (χ2v) is 6.78. The predicted molar refractivity (Wildman–Crippen MR) is 65.2 cm³/mol. The molecular formula is C9H8N2O6S2. The highest BCUT2D eigenvalue weighted by Gasteiger charge is 2.17. The summed E-state index contributed by atoms with van der Waals surface area (Å²) in [6.07, 6.45) is 0. The lowest BCUT2D eigenvalue weighted by Gasteiger charge is -2.02. The van der Waals surface area contributed by atoms with E-state index in [0.717, 1.165) is 18.2 Å². The van der Waals surface area contributed by atoms with Crippen molar-refractivity contribution < 1.29 is 21.3 Å². The molecule has 8 nitrogen and oxygen atoms in total. The summed E-state index contributed by atoms with van der Waals surface area (Å²) in [5.41, 5.74) is -1.11. The van der Waals surface area contributed by atoms with Crippen molar-refractivity contribution in [3.8, 4) is 0 Å². The Bertz CT molecular complexity index is 927. The first-order valence-electron chi connectivity index (χ1n) is 4.72. The number of rotatable bonds is 2. The standard InChI is InChI=1S/C9H8N2O6S2/c10-18(13,14)6-1-2-7-5(3-6)4-8(9(12)17-7)19(11,15)16/h1-4H,(H2,10,13,14)(H2,11,15,16). The van der Waals surface area contributed by atoms with Gasteiger partial charge >= 0.3 is 5.63 Å². The van der Waals surface area contributed by atoms with E-state index in [1.165, 1.54) is 6.07 Å². The van der Waals surface area contributed by atoms with Gasteiger partial charge in [0.15, 0.2) is 4.90 Å². The van der Waals surface area contributed by atoms with E-state index in [1.54, 1.807) is 0 Å². The zero-order valence-electron chi connectivity index (χ0n) is 9.23. The van der Waals surface area contributed by atoms with Crippen LogP contribution in [0, 0.1) is 0 Å². The summed E-state index contributed by atoms with van der Waals surface area (Å²) in [4.78, 5) is 10.4. The molecule has 0 bridgehead atoms.